The van der Waals surface area contributed by atoms with Crippen LogP contribution in [0.15, 0.2) is 95.9 Å². The van der Waals surface area contributed by atoms with Gasteiger partial charge in [-0.15, -0.1) is 0 Å². The number of ether oxygens (including phenoxy) is 1. The molecule has 0 unspecified atom stereocenters. The lowest BCUT2D eigenvalue weighted by atomic mass is 10.1. The summed E-state index contributed by atoms with van der Waals surface area (Å²) >= 11 is 0. The number of alkyl halides is 3. The SMILES string of the molecule is COCCN(Cc1ccc(OS(=O)(=O)c2cccc(C(F)(F)F)c2)cc1)C(=O)Nc1cccc2ccccc12. The smallest absolute Gasteiger partial charge is 0.383 e. The lowest BCUT2D eigenvalue weighted by Crippen LogP contribution is -2.36. The molecule has 0 heterocycles. The Hall–Kier alpha value is -4.09. The van der Waals surface area contributed by atoms with Crippen LogP contribution in [0.25, 0.3) is 10.8 Å². The fourth-order valence-electron chi connectivity index (χ4n) is 3.86. The maximum Gasteiger partial charge on any atom is 0.416 e. The highest BCUT2D eigenvalue weighted by Gasteiger charge is 2.32. The van der Waals surface area contributed by atoms with Gasteiger partial charge >= 0.3 is 22.3 Å². The van der Waals surface area contributed by atoms with Crippen molar-refractivity contribution in [3.63, 3.8) is 0 Å². The van der Waals surface area contributed by atoms with Gasteiger partial charge in [0.25, 0.3) is 0 Å². The molecule has 204 valence electrons. The summed E-state index contributed by atoms with van der Waals surface area (Å²) in [5.74, 6) is -0.0835. The Balaban J connectivity index is 1.47. The van der Waals surface area contributed by atoms with Gasteiger partial charge in [0.2, 0.25) is 0 Å². The summed E-state index contributed by atoms with van der Waals surface area (Å²) in [5, 5.41) is 4.81. The Morgan fingerprint density at radius 3 is 2.33 bits per heavy atom. The van der Waals surface area contributed by atoms with Crippen LogP contribution in [0, 0.1) is 0 Å². The fourth-order valence-corrected chi connectivity index (χ4v) is 4.83. The first-order chi connectivity index (χ1) is 18.6. The number of nitrogens with one attached hydrogen (secondary N) is 1. The van der Waals surface area contributed by atoms with E-state index in [1.165, 1.54) is 19.2 Å². The summed E-state index contributed by atoms with van der Waals surface area (Å²) in [4.78, 5) is 14.1. The van der Waals surface area contributed by atoms with Gasteiger partial charge in [-0.05, 0) is 47.3 Å². The van der Waals surface area contributed by atoms with E-state index in [9.17, 15) is 26.4 Å². The molecule has 11 heteroatoms. The van der Waals surface area contributed by atoms with E-state index in [0.29, 0.717) is 23.9 Å². The number of benzene rings is 4. The van der Waals surface area contributed by atoms with Crippen LogP contribution in [0.5, 0.6) is 5.75 Å². The molecule has 0 aromatic heterocycles. The van der Waals surface area contributed by atoms with Crippen LogP contribution in [0.1, 0.15) is 11.1 Å². The first kappa shape index (κ1) is 27.9. The van der Waals surface area contributed by atoms with E-state index < -0.39 is 26.8 Å². The van der Waals surface area contributed by atoms with E-state index >= 15 is 0 Å². The van der Waals surface area contributed by atoms with Gasteiger partial charge in [0.05, 0.1) is 17.9 Å². The minimum absolute atomic E-state index is 0.0835. The van der Waals surface area contributed by atoms with Crippen LogP contribution in [0.3, 0.4) is 0 Å². The average molecular weight is 559 g/mol. The third-order valence-corrected chi connectivity index (χ3v) is 7.08. The summed E-state index contributed by atoms with van der Waals surface area (Å²) in [7, 11) is -2.98. The fraction of sp³-hybridized carbons (Fsp3) is 0.179. The van der Waals surface area contributed by atoms with Crippen LogP contribution < -0.4 is 9.50 Å². The molecule has 0 saturated carbocycles. The maximum atomic E-state index is 13.2. The van der Waals surface area contributed by atoms with Crippen molar-refractivity contribution in [3.05, 3.63) is 102 Å². The number of carbonyl (C=O) groups is 1. The minimum Gasteiger partial charge on any atom is -0.383 e. The second-order valence-corrected chi connectivity index (χ2v) is 10.1. The van der Waals surface area contributed by atoms with Gasteiger partial charge in [0.1, 0.15) is 10.6 Å². The van der Waals surface area contributed by atoms with E-state index in [4.69, 9.17) is 8.92 Å². The zero-order chi connectivity index (χ0) is 28.0. The number of halogens is 3. The molecule has 2 amide bonds. The number of anilines is 1. The van der Waals surface area contributed by atoms with Crippen molar-refractivity contribution in [2.45, 2.75) is 17.6 Å². The quantitative estimate of drug-likeness (QED) is 0.244. The largest absolute Gasteiger partial charge is 0.416 e. The van der Waals surface area contributed by atoms with Crippen LogP contribution in [-0.2, 0) is 27.6 Å². The van der Waals surface area contributed by atoms with Crippen molar-refractivity contribution in [2.24, 2.45) is 0 Å². The van der Waals surface area contributed by atoms with Crippen molar-refractivity contribution in [3.8, 4) is 5.75 Å². The molecule has 1 N–H and O–H groups in total. The van der Waals surface area contributed by atoms with Gasteiger partial charge in [0, 0.05) is 25.6 Å². The summed E-state index contributed by atoms with van der Waals surface area (Å²) in [5.41, 5.74) is 0.229. The number of rotatable bonds is 9. The van der Waals surface area contributed by atoms with E-state index in [1.807, 2.05) is 42.5 Å². The third-order valence-electron chi connectivity index (χ3n) is 5.84. The molecule has 0 aliphatic carbocycles. The monoisotopic (exact) mass is 558 g/mol. The first-order valence-electron chi connectivity index (χ1n) is 11.8. The molecule has 0 aliphatic heterocycles. The Morgan fingerprint density at radius 2 is 1.62 bits per heavy atom. The number of nitrogens with zero attached hydrogens (tertiary/aromatic N) is 1. The van der Waals surface area contributed by atoms with E-state index in [-0.39, 0.29) is 24.9 Å². The molecular weight excluding hydrogens is 533 g/mol. The lowest BCUT2D eigenvalue weighted by molar-refractivity contribution is -0.137. The highest BCUT2D eigenvalue weighted by Crippen LogP contribution is 2.31. The highest BCUT2D eigenvalue weighted by atomic mass is 32.2. The van der Waals surface area contributed by atoms with Crippen molar-refractivity contribution in [1.29, 1.82) is 0 Å². The maximum absolute atomic E-state index is 13.2. The van der Waals surface area contributed by atoms with Gasteiger partial charge in [-0.25, -0.2) is 4.79 Å². The highest BCUT2D eigenvalue weighted by molar-refractivity contribution is 7.87. The van der Waals surface area contributed by atoms with Gasteiger partial charge in [0.15, 0.2) is 0 Å². The van der Waals surface area contributed by atoms with Gasteiger partial charge < -0.3 is 19.1 Å². The molecule has 0 aliphatic rings. The van der Waals surface area contributed by atoms with Crippen LogP contribution in [0.2, 0.25) is 0 Å². The molecular formula is C28H25F3N2O5S. The van der Waals surface area contributed by atoms with Crippen molar-refractivity contribution < 1.29 is 35.3 Å². The zero-order valence-corrected chi connectivity index (χ0v) is 21.6. The zero-order valence-electron chi connectivity index (χ0n) is 20.8. The molecule has 4 aromatic rings. The van der Waals surface area contributed by atoms with Crippen LogP contribution in [0.4, 0.5) is 23.7 Å². The number of methoxy groups -OCH3 is 1. The van der Waals surface area contributed by atoms with E-state index in [1.54, 1.807) is 17.0 Å². The molecule has 4 rings (SSSR count). The molecule has 0 bridgehead atoms. The Morgan fingerprint density at radius 1 is 0.923 bits per heavy atom. The Kier molecular flexibility index (Phi) is 8.41. The topological polar surface area (TPSA) is 84.9 Å². The Labute approximate surface area is 223 Å². The van der Waals surface area contributed by atoms with Gasteiger partial charge in [-0.2, -0.15) is 21.6 Å². The van der Waals surface area contributed by atoms with Gasteiger partial charge in [-0.3, -0.25) is 0 Å². The summed E-state index contributed by atoms with van der Waals surface area (Å²) in [6.07, 6.45) is -4.69. The number of amides is 2. The third kappa shape index (κ3) is 7.06. The molecule has 0 atom stereocenters. The normalized spacial score (nSPS) is 11.8. The molecule has 0 radical (unpaired) electrons. The Bertz CT molecular complexity index is 1550. The standard InChI is InChI=1S/C28H25F3N2O5S/c1-37-17-16-33(27(34)32-26-11-4-7-21-6-2-3-10-25(21)26)19-20-12-14-23(15-13-20)38-39(35,36)24-9-5-8-22(18-24)28(29,30)31/h2-15,18H,16-17,19H2,1H3,(H,32,34). The van der Waals surface area contributed by atoms with E-state index in [2.05, 4.69) is 5.32 Å². The number of hydrogen-bond acceptors (Lipinski definition) is 5. The molecule has 7 nitrogen and oxygen atoms in total. The van der Waals surface area contributed by atoms with Crippen molar-refractivity contribution in [2.75, 3.05) is 25.6 Å². The molecule has 4 aromatic carbocycles. The van der Waals surface area contributed by atoms with Crippen molar-refractivity contribution >= 4 is 32.6 Å². The molecule has 39 heavy (non-hydrogen) atoms. The number of carbonyl (C=O) groups excluding carboxylic acids is 1. The predicted octanol–water partition coefficient (Wildman–Crippen LogP) is 6.31. The second-order valence-electron chi connectivity index (χ2n) is 8.58. The van der Waals surface area contributed by atoms with Crippen molar-refractivity contribution in [1.82, 2.24) is 4.90 Å². The molecule has 0 spiro atoms. The van der Waals surface area contributed by atoms with Crippen LogP contribution >= 0.6 is 0 Å². The average Bonchev–Trinajstić information content (AvgIpc) is 2.91. The molecule has 0 fully saturated rings. The van der Waals surface area contributed by atoms with Crippen LogP contribution in [-0.4, -0.2) is 39.6 Å². The summed E-state index contributed by atoms with van der Waals surface area (Å²) in [6.45, 7) is 0.759. The number of fused-ring (bicyclic) bond motifs is 1. The summed E-state index contributed by atoms with van der Waals surface area (Å²) < 4.78 is 74.2. The minimum atomic E-state index is -4.69. The lowest BCUT2D eigenvalue weighted by Gasteiger charge is -2.23. The summed E-state index contributed by atoms with van der Waals surface area (Å²) in [6, 6.07) is 22.1. The number of urea groups is 1. The first-order valence-corrected chi connectivity index (χ1v) is 13.2. The number of hydrogen-bond donors (Lipinski definition) is 1. The predicted molar refractivity (Wildman–Crippen MR) is 141 cm³/mol. The second kappa shape index (κ2) is 11.7. The van der Waals surface area contributed by atoms with E-state index in [0.717, 1.165) is 29.0 Å². The molecule has 0 saturated heterocycles. The van der Waals surface area contributed by atoms with Gasteiger partial charge in [-0.1, -0.05) is 54.6 Å².